The van der Waals surface area contributed by atoms with Crippen molar-refractivity contribution in [1.82, 2.24) is 10.6 Å². The molecular formula is C32H46N2O8. The predicted molar refractivity (Wildman–Crippen MR) is 150 cm³/mol. The van der Waals surface area contributed by atoms with Crippen molar-refractivity contribution in [3.63, 3.8) is 0 Å². The van der Waals surface area contributed by atoms with Crippen molar-refractivity contribution in [2.24, 2.45) is 23.7 Å². The SMILES string of the molecule is CC(=O)OC1CCC[C@]2(C1)OOC1CC3CC(CC(NC(=O)CCCNC(=O)OCC4[C@H]5CCC#CCC[C@@H]45)(C3)C1)O2. The molecule has 10 nitrogen and oxygen atoms in total. The second kappa shape index (κ2) is 12.7. The van der Waals surface area contributed by atoms with Crippen molar-refractivity contribution in [3.05, 3.63) is 0 Å². The smallest absolute Gasteiger partial charge is 0.407 e. The van der Waals surface area contributed by atoms with Crippen LogP contribution in [0.15, 0.2) is 0 Å². The molecule has 2 aliphatic heterocycles. The second-order valence-corrected chi connectivity index (χ2v) is 13.6. The van der Waals surface area contributed by atoms with Crippen molar-refractivity contribution in [3.8, 4) is 11.8 Å². The lowest BCUT2D eigenvalue weighted by molar-refractivity contribution is -0.456. The van der Waals surface area contributed by atoms with Gasteiger partial charge in [0, 0.05) is 51.1 Å². The van der Waals surface area contributed by atoms with E-state index in [9.17, 15) is 14.4 Å². The molecule has 7 aliphatic rings. The predicted octanol–water partition coefficient (Wildman–Crippen LogP) is 4.30. The van der Waals surface area contributed by atoms with Crippen LogP contribution < -0.4 is 10.6 Å². The van der Waals surface area contributed by atoms with Gasteiger partial charge in [-0.25, -0.2) is 14.6 Å². The van der Waals surface area contributed by atoms with Gasteiger partial charge in [0.05, 0.1) is 18.8 Å². The van der Waals surface area contributed by atoms with Gasteiger partial charge in [-0.1, -0.05) is 0 Å². The van der Waals surface area contributed by atoms with E-state index in [1.54, 1.807) is 0 Å². The number of rotatable bonds is 8. The summed E-state index contributed by atoms with van der Waals surface area (Å²) in [4.78, 5) is 49.0. The van der Waals surface area contributed by atoms with Gasteiger partial charge in [-0.15, -0.1) is 11.8 Å². The maximum absolute atomic E-state index is 13.1. The Morgan fingerprint density at radius 2 is 1.74 bits per heavy atom. The summed E-state index contributed by atoms with van der Waals surface area (Å²) >= 11 is 0. The first-order valence-electron chi connectivity index (χ1n) is 16.2. The van der Waals surface area contributed by atoms with Crippen LogP contribution in [0.25, 0.3) is 0 Å². The number of amides is 2. The van der Waals surface area contributed by atoms with Crippen LogP contribution in [0.5, 0.6) is 0 Å². The monoisotopic (exact) mass is 586 g/mol. The zero-order valence-corrected chi connectivity index (χ0v) is 24.8. The zero-order chi connectivity index (χ0) is 29.2. The summed E-state index contributed by atoms with van der Waals surface area (Å²) in [6.07, 6.45) is 10.9. The number of ether oxygens (including phenoxy) is 3. The minimum absolute atomic E-state index is 0.0240. The van der Waals surface area contributed by atoms with Gasteiger partial charge in [0.15, 0.2) is 0 Å². The molecule has 2 amide bonds. The first-order chi connectivity index (χ1) is 20.3. The van der Waals surface area contributed by atoms with Crippen LogP contribution in [0.2, 0.25) is 0 Å². The number of carbonyl (C=O) groups excluding carboxylic acids is 3. The first-order valence-corrected chi connectivity index (χ1v) is 16.2. The highest BCUT2D eigenvalue weighted by Crippen LogP contribution is 2.52. The largest absolute Gasteiger partial charge is 0.462 e. The molecule has 0 radical (unpaired) electrons. The van der Waals surface area contributed by atoms with Gasteiger partial charge >= 0.3 is 12.1 Å². The Balaban J connectivity index is 0.948. The van der Waals surface area contributed by atoms with E-state index in [0.29, 0.717) is 75.3 Å². The lowest BCUT2D eigenvalue weighted by Crippen LogP contribution is -2.59. The molecule has 0 aromatic heterocycles. The molecule has 1 spiro atoms. The molecule has 9 atom stereocenters. The van der Waals surface area contributed by atoms with E-state index in [1.165, 1.54) is 6.92 Å². The van der Waals surface area contributed by atoms with Crippen molar-refractivity contribution >= 4 is 18.0 Å². The van der Waals surface area contributed by atoms with E-state index in [1.807, 2.05) is 0 Å². The Kier molecular flexibility index (Phi) is 8.99. The van der Waals surface area contributed by atoms with Crippen LogP contribution >= 0.6 is 0 Å². The zero-order valence-electron chi connectivity index (χ0n) is 24.8. The van der Waals surface area contributed by atoms with Gasteiger partial charge in [-0.2, -0.15) is 0 Å². The minimum atomic E-state index is -0.932. The van der Waals surface area contributed by atoms with Crippen molar-refractivity contribution in [2.45, 2.75) is 133 Å². The van der Waals surface area contributed by atoms with Crippen LogP contribution in [0, 0.1) is 35.5 Å². The van der Waals surface area contributed by atoms with Gasteiger partial charge in [0.25, 0.3) is 0 Å². The molecule has 6 unspecified atom stereocenters. The molecule has 10 heteroatoms. The number of esters is 1. The number of hydrogen-bond acceptors (Lipinski definition) is 8. The number of fused-ring (bicyclic) bond motifs is 2. The fourth-order valence-electron chi connectivity index (χ4n) is 8.61. The first kappa shape index (κ1) is 29.7. The van der Waals surface area contributed by atoms with E-state index in [0.717, 1.165) is 57.8 Å². The van der Waals surface area contributed by atoms with Crippen LogP contribution in [0.3, 0.4) is 0 Å². The Labute approximate surface area is 248 Å². The number of carbonyl (C=O) groups is 3. The molecular weight excluding hydrogens is 540 g/mol. The lowest BCUT2D eigenvalue weighted by atomic mass is 9.65. The van der Waals surface area contributed by atoms with Crippen LogP contribution in [0.4, 0.5) is 4.79 Å². The normalized spacial score (nSPS) is 40.1. The van der Waals surface area contributed by atoms with E-state index < -0.39 is 17.4 Å². The molecule has 2 N–H and O–H groups in total. The highest BCUT2D eigenvalue weighted by atomic mass is 17.2. The van der Waals surface area contributed by atoms with E-state index in [4.69, 9.17) is 24.0 Å². The lowest BCUT2D eigenvalue weighted by Gasteiger charge is -2.50. The quantitative estimate of drug-likeness (QED) is 0.187. The van der Waals surface area contributed by atoms with Gasteiger partial charge < -0.3 is 24.8 Å². The fraction of sp³-hybridized carbons (Fsp3) is 0.844. The average molecular weight is 587 g/mol. The Morgan fingerprint density at radius 3 is 2.52 bits per heavy atom. The molecule has 2 heterocycles. The van der Waals surface area contributed by atoms with Crippen LogP contribution in [-0.4, -0.2) is 60.8 Å². The van der Waals surface area contributed by atoms with Crippen LogP contribution in [0.1, 0.15) is 103 Å². The standard InChI is InChI=1S/C32H46N2O8/c1-21(35)39-23-8-6-12-32(19-23)40-24-14-22-15-25(41-42-32)18-31(16-22,17-24)34-29(36)11-7-13-33-30(37)38-20-28-26-9-4-2-3-5-10-27(26)28/h22-28H,4-20H2,1H3,(H,33,37)(H,34,36)/t22?,23?,24?,25?,26-,27+,28?,31?,32-/m1/s1. The van der Waals surface area contributed by atoms with E-state index in [-0.39, 0.29) is 30.2 Å². The van der Waals surface area contributed by atoms with Gasteiger partial charge in [-0.05, 0) is 87.9 Å². The Morgan fingerprint density at radius 1 is 0.976 bits per heavy atom. The van der Waals surface area contributed by atoms with Crippen molar-refractivity contribution in [2.75, 3.05) is 13.2 Å². The molecule has 4 bridgehead atoms. The van der Waals surface area contributed by atoms with Gasteiger partial charge in [-0.3, -0.25) is 9.59 Å². The molecule has 6 fully saturated rings. The third-order valence-corrected chi connectivity index (χ3v) is 10.3. The number of hydrogen-bond donors (Lipinski definition) is 2. The molecule has 0 aromatic rings. The van der Waals surface area contributed by atoms with Gasteiger partial charge in [0.1, 0.15) is 6.10 Å². The van der Waals surface area contributed by atoms with E-state index >= 15 is 0 Å². The number of alkyl carbamates (subject to hydrolysis) is 1. The molecule has 7 rings (SSSR count). The number of nitrogens with one attached hydrogen (secondary N) is 2. The summed E-state index contributed by atoms with van der Waals surface area (Å²) < 4.78 is 17.6. The molecule has 42 heavy (non-hydrogen) atoms. The molecule has 232 valence electrons. The molecule has 4 saturated carbocycles. The third-order valence-electron chi connectivity index (χ3n) is 10.3. The highest BCUT2D eigenvalue weighted by molar-refractivity contribution is 5.77. The maximum atomic E-state index is 13.1. The van der Waals surface area contributed by atoms with Crippen molar-refractivity contribution in [1.29, 1.82) is 0 Å². The second-order valence-electron chi connectivity index (χ2n) is 13.6. The fourth-order valence-corrected chi connectivity index (χ4v) is 8.61. The molecule has 5 aliphatic carbocycles. The maximum Gasteiger partial charge on any atom is 0.407 e. The highest BCUT2D eigenvalue weighted by Gasteiger charge is 2.54. The topological polar surface area (TPSA) is 121 Å². The summed E-state index contributed by atoms with van der Waals surface area (Å²) in [6, 6.07) is 0. The summed E-state index contributed by atoms with van der Waals surface area (Å²) in [6.45, 7) is 2.29. The van der Waals surface area contributed by atoms with E-state index in [2.05, 4.69) is 22.5 Å². The van der Waals surface area contributed by atoms with Crippen LogP contribution in [-0.2, 0) is 33.6 Å². The molecule has 0 aromatic carbocycles. The summed E-state index contributed by atoms with van der Waals surface area (Å²) in [5.41, 5.74) is -0.400. The third kappa shape index (κ3) is 7.23. The summed E-state index contributed by atoms with van der Waals surface area (Å²) in [5.74, 6) is 7.29. The summed E-state index contributed by atoms with van der Waals surface area (Å²) in [5, 5.41) is 6.15. The Bertz CT molecular complexity index is 1070. The van der Waals surface area contributed by atoms with Gasteiger partial charge in [0.2, 0.25) is 11.7 Å². The van der Waals surface area contributed by atoms with Crippen molar-refractivity contribution < 1.29 is 38.4 Å². The minimum Gasteiger partial charge on any atom is -0.462 e. The Hall–Kier alpha value is -2.35. The molecule has 2 saturated heterocycles. The average Bonchev–Trinajstić information content (AvgIpc) is 3.54. The summed E-state index contributed by atoms with van der Waals surface area (Å²) in [7, 11) is 0.